The van der Waals surface area contributed by atoms with Crippen LogP contribution in [-0.2, 0) is 13.0 Å². The number of ether oxygens (including phenoxy) is 1. The van der Waals surface area contributed by atoms with Gasteiger partial charge in [0.15, 0.2) is 0 Å². The van der Waals surface area contributed by atoms with Gasteiger partial charge in [-0.1, -0.05) is 54.6 Å². The summed E-state index contributed by atoms with van der Waals surface area (Å²) in [5.74, 6) is 0.708. The molecule has 9 nitrogen and oxygen atoms in total. The van der Waals surface area contributed by atoms with E-state index in [2.05, 4.69) is 43.0 Å². The van der Waals surface area contributed by atoms with Gasteiger partial charge in [-0.05, 0) is 48.2 Å². The molecule has 1 saturated carbocycles. The summed E-state index contributed by atoms with van der Waals surface area (Å²) in [7, 11) is 0. The third kappa shape index (κ3) is 6.94. The van der Waals surface area contributed by atoms with Gasteiger partial charge < -0.3 is 26.4 Å². The maximum absolute atomic E-state index is 12.6. The monoisotopic (exact) mass is 495 g/mol. The SMILES string of the molecule is Nc1ccccc1NC(=O)c1ccc(CNc2nc(NC3CC3)nc(OCCc3ccccc3)n2)cc1. The Morgan fingerprint density at radius 2 is 1.59 bits per heavy atom. The molecular weight excluding hydrogens is 466 g/mol. The minimum atomic E-state index is -0.219. The number of hydrogen-bond donors (Lipinski definition) is 4. The second-order valence-corrected chi connectivity index (χ2v) is 8.86. The smallest absolute Gasteiger partial charge is 0.323 e. The van der Waals surface area contributed by atoms with Gasteiger partial charge in [-0.3, -0.25) is 4.79 Å². The van der Waals surface area contributed by atoms with Crippen LogP contribution in [0, 0.1) is 0 Å². The summed E-state index contributed by atoms with van der Waals surface area (Å²) in [6.45, 7) is 0.943. The Morgan fingerprint density at radius 1 is 0.865 bits per heavy atom. The van der Waals surface area contributed by atoms with Crippen LogP contribution >= 0.6 is 0 Å². The molecule has 0 radical (unpaired) electrons. The van der Waals surface area contributed by atoms with Crippen LogP contribution in [0.2, 0.25) is 0 Å². The second-order valence-electron chi connectivity index (χ2n) is 8.86. The molecule has 0 spiro atoms. The minimum absolute atomic E-state index is 0.219. The van der Waals surface area contributed by atoms with Crippen LogP contribution in [0.1, 0.15) is 34.3 Å². The minimum Gasteiger partial charge on any atom is -0.463 e. The number of para-hydroxylation sites is 2. The molecule has 3 aromatic carbocycles. The molecular formula is C28H29N7O2. The average molecular weight is 496 g/mol. The van der Waals surface area contributed by atoms with E-state index < -0.39 is 0 Å². The molecule has 5 rings (SSSR count). The van der Waals surface area contributed by atoms with Crippen LogP contribution in [-0.4, -0.2) is 33.5 Å². The van der Waals surface area contributed by atoms with Crippen molar-refractivity contribution in [3.63, 3.8) is 0 Å². The number of aromatic nitrogens is 3. The molecule has 0 bridgehead atoms. The Kier molecular flexibility index (Phi) is 7.40. The number of nitrogens with zero attached hydrogens (tertiary/aromatic N) is 3. The number of anilines is 4. The third-order valence-electron chi connectivity index (χ3n) is 5.87. The van der Waals surface area contributed by atoms with Gasteiger partial charge in [-0.15, -0.1) is 0 Å². The molecule has 0 unspecified atom stereocenters. The number of nitrogen functional groups attached to an aromatic ring is 1. The standard InChI is InChI=1S/C28H29N7O2/c29-23-8-4-5-9-24(23)32-25(36)21-12-10-20(11-13-21)18-30-26-33-27(31-22-14-15-22)35-28(34-26)37-17-16-19-6-2-1-3-7-19/h1-13,22H,14-18,29H2,(H,32,36)(H2,30,31,33,34,35). The maximum Gasteiger partial charge on any atom is 0.323 e. The van der Waals surface area contributed by atoms with Crippen LogP contribution in [0.5, 0.6) is 6.01 Å². The molecule has 37 heavy (non-hydrogen) atoms. The van der Waals surface area contributed by atoms with Crippen molar-refractivity contribution in [1.82, 2.24) is 15.0 Å². The third-order valence-corrected chi connectivity index (χ3v) is 5.87. The van der Waals surface area contributed by atoms with E-state index in [-0.39, 0.29) is 11.9 Å². The summed E-state index contributed by atoms with van der Waals surface area (Å²) in [5, 5.41) is 9.39. The lowest BCUT2D eigenvalue weighted by Crippen LogP contribution is -2.14. The zero-order chi connectivity index (χ0) is 25.5. The van der Waals surface area contributed by atoms with Gasteiger partial charge in [0.1, 0.15) is 0 Å². The number of nitrogens with two attached hydrogens (primary N) is 1. The van der Waals surface area contributed by atoms with Gasteiger partial charge >= 0.3 is 6.01 Å². The number of carbonyl (C=O) groups excluding carboxylic acids is 1. The predicted molar refractivity (Wildman–Crippen MR) is 145 cm³/mol. The number of rotatable bonds is 11. The Balaban J connectivity index is 1.19. The summed E-state index contributed by atoms with van der Waals surface area (Å²) in [5.41, 5.74) is 9.73. The molecule has 188 valence electrons. The molecule has 1 fully saturated rings. The highest BCUT2D eigenvalue weighted by Crippen LogP contribution is 2.24. The van der Waals surface area contributed by atoms with Crippen LogP contribution < -0.4 is 26.4 Å². The fourth-order valence-corrected chi connectivity index (χ4v) is 3.64. The molecule has 0 aliphatic heterocycles. The van der Waals surface area contributed by atoms with Gasteiger partial charge in [0.05, 0.1) is 18.0 Å². The van der Waals surface area contributed by atoms with Crippen LogP contribution in [0.15, 0.2) is 78.9 Å². The Hall–Kier alpha value is -4.66. The van der Waals surface area contributed by atoms with Crippen molar-refractivity contribution in [2.45, 2.75) is 31.8 Å². The Bertz CT molecular complexity index is 1340. The molecule has 9 heteroatoms. The second kappa shape index (κ2) is 11.4. The van der Waals surface area contributed by atoms with E-state index in [9.17, 15) is 4.79 Å². The van der Waals surface area contributed by atoms with Gasteiger partial charge in [0, 0.05) is 24.6 Å². The molecule has 1 aliphatic rings. The largest absolute Gasteiger partial charge is 0.463 e. The quantitative estimate of drug-likeness (QED) is 0.224. The maximum atomic E-state index is 12.6. The lowest BCUT2D eigenvalue weighted by atomic mass is 10.1. The van der Waals surface area contributed by atoms with Crippen molar-refractivity contribution < 1.29 is 9.53 Å². The summed E-state index contributed by atoms with van der Waals surface area (Å²) >= 11 is 0. The van der Waals surface area contributed by atoms with Crippen LogP contribution in [0.3, 0.4) is 0 Å². The topological polar surface area (TPSA) is 127 Å². The lowest BCUT2D eigenvalue weighted by molar-refractivity contribution is 0.102. The Labute approximate surface area is 215 Å². The molecule has 4 aromatic rings. The van der Waals surface area contributed by atoms with Crippen molar-refractivity contribution >= 4 is 29.2 Å². The van der Waals surface area contributed by atoms with E-state index in [1.165, 1.54) is 5.56 Å². The molecule has 1 aliphatic carbocycles. The lowest BCUT2D eigenvalue weighted by Gasteiger charge is -2.11. The van der Waals surface area contributed by atoms with Gasteiger partial charge in [0.25, 0.3) is 5.91 Å². The highest BCUT2D eigenvalue weighted by atomic mass is 16.5. The summed E-state index contributed by atoms with van der Waals surface area (Å²) in [4.78, 5) is 25.9. The van der Waals surface area contributed by atoms with E-state index in [0.29, 0.717) is 48.0 Å². The highest BCUT2D eigenvalue weighted by molar-refractivity contribution is 6.05. The predicted octanol–water partition coefficient (Wildman–Crippen LogP) is 4.51. The van der Waals surface area contributed by atoms with E-state index in [4.69, 9.17) is 10.5 Å². The van der Waals surface area contributed by atoms with E-state index >= 15 is 0 Å². The van der Waals surface area contributed by atoms with Gasteiger partial charge in [0.2, 0.25) is 11.9 Å². The highest BCUT2D eigenvalue weighted by Gasteiger charge is 2.23. The normalized spacial score (nSPS) is 12.5. The average Bonchev–Trinajstić information content (AvgIpc) is 3.74. The molecule has 1 heterocycles. The van der Waals surface area contributed by atoms with E-state index in [1.54, 1.807) is 24.3 Å². The first-order valence-electron chi connectivity index (χ1n) is 12.3. The van der Waals surface area contributed by atoms with Gasteiger partial charge in [-0.2, -0.15) is 15.0 Å². The van der Waals surface area contributed by atoms with Crippen LogP contribution in [0.25, 0.3) is 0 Å². The van der Waals surface area contributed by atoms with Crippen LogP contribution in [0.4, 0.5) is 23.3 Å². The Morgan fingerprint density at radius 3 is 2.35 bits per heavy atom. The fraction of sp³-hybridized carbons (Fsp3) is 0.214. The summed E-state index contributed by atoms with van der Waals surface area (Å²) in [6, 6.07) is 25.3. The zero-order valence-electron chi connectivity index (χ0n) is 20.4. The number of nitrogens with one attached hydrogen (secondary N) is 3. The van der Waals surface area contributed by atoms with E-state index in [0.717, 1.165) is 24.8 Å². The van der Waals surface area contributed by atoms with E-state index in [1.807, 2.05) is 42.5 Å². The number of benzene rings is 3. The van der Waals surface area contributed by atoms with Crippen molar-refractivity contribution in [2.24, 2.45) is 0 Å². The molecule has 1 aromatic heterocycles. The first-order chi connectivity index (χ1) is 18.1. The fourth-order valence-electron chi connectivity index (χ4n) is 3.64. The summed E-state index contributed by atoms with van der Waals surface area (Å²) < 4.78 is 5.85. The zero-order valence-corrected chi connectivity index (χ0v) is 20.4. The molecule has 0 atom stereocenters. The van der Waals surface area contributed by atoms with Crippen molar-refractivity contribution in [1.29, 1.82) is 0 Å². The first kappa shape index (κ1) is 24.1. The number of carbonyl (C=O) groups is 1. The number of amides is 1. The first-order valence-corrected chi connectivity index (χ1v) is 12.3. The van der Waals surface area contributed by atoms with Gasteiger partial charge in [-0.25, -0.2) is 0 Å². The van der Waals surface area contributed by atoms with Crippen molar-refractivity contribution in [3.8, 4) is 6.01 Å². The summed E-state index contributed by atoms with van der Waals surface area (Å²) in [6.07, 6.45) is 2.97. The van der Waals surface area contributed by atoms with Crippen molar-refractivity contribution in [2.75, 3.05) is 28.3 Å². The molecule has 0 saturated heterocycles. The molecule has 5 N–H and O–H groups in total. The number of hydrogen-bond acceptors (Lipinski definition) is 8. The van der Waals surface area contributed by atoms with Crippen molar-refractivity contribution in [3.05, 3.63) is 95.6 Å². The molecule has 1 amide bonds.